The summed E-state index contributed by atoms with van der Waals surface area (Å²) >= 11 is 0. The number of benzene rings is 1. The van der Waals surface area contributed by atoms with Crippen molar-refractivity contribution in [3.8, 4) is 0 Å². The fourth-order valence-electron chi connectivity index (χ4n) is 3.08. The van der Waals surface area contributed by atoms with Gasteiger partial charge in [-0.3, -0.25) is 4.79 Å². The zero-order valence-corrected chi connectivity index (χ0v) is 16.6. The van der Waals surface area contributed by atoms with Gasteiger partial charge >= 0.3 is 11.9 Å². The summed E-state index contributed by atoms with van der Waals surface area (Å²) in [5.74, 6) is 0.229. The van der Waals surface area contributed by atoms with Crippen molar-refractivity contribution in [1.29, 1.82) is 0 Å². The minimum Gasteiger partial charge on any atom is -0.465 e. The summed E-state index contributed by atoms with van der Waals surface area (Å²) in [5, 5.41) is 0. The van der Waals surface area contributed by atoms with Crippen LogP contribution in [0.2, 0.25) is 0 Å². The summed E-state index contributed by atoms with van der Waals surface area (Å²) < 4.78 is 10.8. The van der Waals surface area contributed by atoms with Crippen molar-refractivity contribution in [2.75, 3.05) is 19.9 Å². The first-order valence-corrected chi connectivity index (χ1v) is 11.2. The minimum absolute atomic E-state index is 0.0662. The number of fused-ring (bicyclic) bond motifs is 1. The molecule has 2 rings (SSSR count). The third-order valence-electron chi connectivity index (χ3n) is 4.44. The molecule has 0 heterocycles. The summed E-state index contributed by atoms with van der Waals surface area (Å²) in [6.07, 6.45) is 4.28. The van der Waals surface area contributed by atoms with Crippen LogP contribution in [0.1, 0.15) is 54.6 Å². The van der Waals surface area contributed by atoms with E-state index in [1.54, 1.807) is 6.07 Å². The highest BCUT2D eigenvalue weighted by atomic mass is 31.1. The van der Waals surface area contributed by atoms with Gasteiger partial charge in [0.05, 0.1) is 26.2 Å². The maximum atomic E-state index is 12.3. The Labute approximate surface area is 152 Å². The molecule has 0 bridgehead atoms. The Balaban J connectivity index is 1.91. The molecule has 0 spiro atoms. The number of esters is 1. The summed E-state index contributed by atoms with van der Waals surface area (Å²) in [4.78, 5) is 24.3. The van der Waals surface area contributed by atoms with E-state index in [2.05, 4.69) is 13.8 Å². The van der Waals surface area contributed by atoms with Crippen LogP contribution in [-0.2, 0) is 26.9 Å². The number of hydrogen-bond acceptors (Lipinski definition) is 4. The fourth-order valence-corrected chi connectivity index (χ4v) is 3.52. The molecule has 0 aromatic heterocycles. The van der Waals surface area contributed by atoms with Crippen molar-refractivity contribution in [3.05, 3.63) is 34.9 Å². The van der Waals surface area contributed by atoms with Gasteiger partial charge in [0.2, 0.25) is 0 Å². The van der Waals surface area contributed by atoms with Gasteiger partial charge in [0, 0.05) is 0 Å². The third-order valence-corrected chi connectivity index (χ3v) is 4.97. The van der Waals surface area contributed by atoms with Crippen LogP contribution in [0.4, 0.5) is 0 Å². The molecule has 0 radical (unpaired) electrons. The number of rotatable bonds is 7. The van der Waals surface area contributed by atoms with Crippen molar-refractivity contribution < 1.29 is 18.8 Å². The lowest BCUT2D eigenvalue weighted by atomic mass is 9.83. The third kappa shape index (κ3) is 6.11. The molecular weight excluding hydrogens is 335 g/mol. The van der Waals surface area contributed by atoms with Crippen molar-refractivity contribution in [3.63, 3.8) is 0 Å². The van der Waals surface area contributed by atoms with Gasteiger partial charge in [-0.2, -0.15) is 0 Å². The van der Waals surface area contributed by atoms with Crippen LogP contribution in [-0.4, -0.2) is 31.9 Å². The fraction of sp³-hybridized carbons (Fsp3) is 0.600. The van der Waals surface area contributed by atoms with Crippen LogP contribution in [0.5, 0.6) is 0 Å². The normalized spacial score (nSPS) is 16.6. The first-order chi connectivity index (χ1) is 11.9. The van der Waals surface area contributed by atoms with Crippen LogP contribution < -0.4 is 0 Å². The summed E-state index contributed by atoms with van der Waals surface area (Å²) in [6.45, 7) is 8.67. The maximum Gasteiger partial charge on any atom is 0.340 e. The van der Waals surface area contributed by atoms with E-state index in [0.717, 1.165) is 36.8 Å². The average Bonchev–Trinajstić information content (AvgIpc) is 2.56. The predicted molar refractivity (Wildman–Crippen MR) is 101 cm³/mol. The van der Waals surface area contributed by atoms with Gasteiger partial charge in [-0.15, -0.1) is 0 Å². The van der Waals surface area contributed by atoms with Crippen molar-refractivity contribution in [2.45, 2.75) is 46.0 Å². The van der Waals surface area contributed by atoms with Crippen LogP contribution >= 0.6 is 8.15 Å². The number of carbonyl (C=O) groups is 2. The summed E-state index contributed by atoms with van der Waals surface area (Å²) in [5.41, 5.74) is 2.89. The second-order valence-electron chi connectivity index (χ2n) is 7.32. The van der Waals surface area contributed by atoms with E-state index in [4.69, 9.17) is 9.26 Å². The van der Waals surface area contributed by atoms with Gasteiger partial charge in [0.15, 0.2) is 0 Å². The predicted octanol–water partition coefficient (Wildman–Crippen LogP) is 4.58. The highest BCUT2D eigenvalue weighted by Crippen LogP contribution is 2.30. The standard InChI is InChI=1S/C20H29O4P/c1-14(2)6-5-11-23-19(21)17-9-7-16-13-18(10-8-15(16)12-17)20(22)24-25(3)4/h8,10,13-14,17H,5-7,9,11-12H2,1-4H3. The van der Waals surface area contributed by atoms with E-state index in [0.29, 0.717) is 24.5 Å². The Bertz CT molecular complexity index is 610. The molecule has 0 fully saturated rings. The molecule has 1 aromatic rings. The van der Waals surface area contributed by atoms with Crippen LogP contribution in [0.25, 0.3) is 0 Å². The largest absolute Gasteiger partial charge is 0.465 e. The van der Waals surface area contributed by atoms with Crippen LogP contribution in [0.15, 0.2) is 18.2 Å². The van der Waals surface area contributed by atoms with Crippen LogP contribution in [0, 0.1) is 11.8 Å². The first-order valence-electron chi connectivity index (χ1n) is 9.05. The van der Waals surface area contributed by atoms with Gasteiger partial charge in [0.1, 0.15) is 0 Å². The Morgan fingerprint density at radius 3 is 2.68 bits per heavy atom. The zero-order valence-electron chi connectivity index (χ0n) is 15.7. The number of carbonyl (C=O) groups excluding carboxylic acids is 2. The maximum absolute atomic E-state index is 12.3. The monoisotopic (exact) mass is 364 g/mol. The molecule has 138 valence electrons. The van der Waals surface area contributed by atoms with E-state index in [1.807, 2.05) is 25.5 Å². The molecule has 1 aliphatic rings. The summed E-state index contributed by atoms with van der Waals surface area (Å²) in [6, 6.07) is 5.68. The van der Waals surface area contributed by atoms with Crippen LogP contribution in [0.3, 0.4) is 0 Å². The number of ether oxygens (including phenoxy) is 1. The first kappa shape index (κ1) is 19.9. The molecule has 1 atom stereocenters. The second-order valence-corrected chi connectivity index (χ2v) is 9.13. The van der Waals surface area contributed by atoms with Crippen molar-refractivity contribution >= 4 is 20.1 Å². The molecule has 1 aromatic carbocycles. The number of hydrogen-bond donors (Lipinski definition) is 0. The Morgan fingerprint density at radius 2 is 2.00 bits per heavy atom. The van der Waals surface area contributed by atoms with E-state index in [9.17, 15) is 9.59 Å². The highest BCUT2D eigenvalue weighted by Gasteiger charge is 2.26. The lowest BCUT2D eigenvalue weighted by Crippen LogP contribution is -2.25. The van der Waals surface area contributed by atoms with E-state index >= 15 is 0 Å². The lowest BCUT2D eigenvalue weighted by molar-refractivity contribution is -0.149. The molecule has 1 unspecified atom stereocenters. The topological polar surface area (TPSA) is 52.6 Å². The molecule has 0 saturated carbocycles. The minimum atomic E-state index is -0.713. The molecule has 0 saturated heterocycles. The zero-order chi connectivity index (χ0) is 18.4. The second kappa shape index (κ2) is 9.33. The molecule has 0 aliphatic heterocycles. The van der Waals surface area contributed by atoms with Gasteiger partial charge in [-0.25, -0.2) is 4.79 Å². The quantitative estimate of drug-likeness (QED) is 0.404. The van der Waals surface area contributed by atoms with Gasteiger partial charge in [0.25, 0.3) is 0 Å². The molecular formula is C20H29O4P. The average molecular weight is 364 g/mol. The molecule has 5 heteroatoms. The van der Waals surface area contributed by atoms with Crippen molar-refractivity contribution in [2.24, 2.45) is 11.8 Å². The van der Waals surface area contributed by atoms with Crippen molar-refractivity contribution in [1.82, 2.24) is 0 Å². The van der Waals surface area contributed by atoms with E-state index in [-0.39, 0.29) is 17.9 Å². The molecule has 0 N–H and O–H groups in total. The summed E-state index contributed by atoms with van der Waals surface area (Å²) in [7, 11) is -0.713. The lowest BCUT2D eigenvalue weighted by Gasteiger charge is -2.24. The Hall–Kier alpha value is -1.41. The van der Waals surface area contributed by atoms with E-state index < -0.39 is 8.15 Å². The highest BCUT2D eigenvalue weighted by molar-refractivity contribution is 7.51. The molecule has 4 nitrogen and oxygen atoms in total. The Kier molecular flexibility index (Phi) is 7.43. The van der Waals surface area contributed by atoms with Gasteiger partial charge < -0.3 is 9.26 Å². The Morgan fingerprint density at radius 1 is 1.24 bits per heavy atom. The van der Waals surface area contributed by atoms with Gasteiger partial charge in [-0.1, -0.05) is 19.9 Å². The molecule has 25 heavy (non-hydrogen) atoms. The SMILES string of the molecule is CC(C)CCCOC(=O)C1CCc2cc(C(=O)OP(C)C)ccc2C1. The molecule has 1 aliphatic carbocycles. The molecule has 0 amide bonds. The van der Waals surface area contributed by atoms with Gasteiger partial charge in [-0.05, 0) is 74.6 Å². The number of aryl methyl sites for hydroxylation is 1. The smallest absolute Gasteiger partial charge is 0.340 e. The van der Waals surface area contributed by atoms with E-state index in [1.165, 1.54) is 0 Å².